The maximum absolute atomic E-state index is 4.68. The predicted molar refractivity (Wildman–Crippen MR) is 90.4 cm³/mol. The Hall–Kier alpha value is -1.43. The lowest BCUT2D eigenvalue weighted by atomic mass is 10.2. The van der Waals surface area contributed by atoms with Crippen LogP contribution >= 0.6 is 11.8 Å². The Bertz CT molecular complexity index is 576. The minimum absolute atomic E-state index is 0.697. The molecule has 3 rings (SSSR count). The number of hydrogen-bond donors (Lipinski definition) is 2. The van der Waals surface area contributed by atoms with Gasteiger partial charge in [0, 0.05) is 30.7 Å². The minimum Gasteiger partial charge on any atom is -0.369 e. The number of hydrogen-bond acceptors (Lipinski definition) is 5. The molecule has 1 unspecified atom stereocenters. The van der Waals surface area contributed by atoms with Gasteiger partial charge in [0.1, 0.15) is 5.82 Å². The van der Waals surface area contributed by atoms with E-state index in [1.54, 1.807) is 0 Å². The maximum Gasteiger partial charge on any atom is 0.180 e. The van der Waals surface area contributed by atoms with Crippen LogP contribution < -0.4 is 10.6 Å². The molecule has 0 aliphatic carbocycles. The second-order valence-electron chi connectivity index (χ2n) is 5.43. The van der Waals surface area contributed by atoms with Crippen molar-refractivity contribution >= 4 is 29.0 Å². The summed E-state index contributed by atoms with van der Waals surface area (Å²) in [7, 11) is 0. The topological polar surface area (TPSA) is 54.2 Å². The monoisotopic (exact) mass is 305 g/mol. The van der Waals surface area contributed by atoms with Crippen LogP contribution in [0.3, 0.4) is 0 Å². The quantitative estimate of drug-likeness (QED) is 0.858. The van der Waals surface area contributed by atoms with Crippen LogP contribution in [0.5, 0.6) is 0 Å². The number of nitrogens with one attached hydrogen (secondary N) is 2. The van der Waals surface area contributed by atoms with Crippen LogP contribution in [-0.2, 0) is 0 Å². The van der Waals surface area contributed by atoms with Gasteiger partial charge in [0.2, 0.25) is 0 Å². The van der Waals surface area contributed by atoms with Crippen LogP contribution in [0.1, 0.15) is 32.6 Å². The molecule has 2 aromatic heterocycles. The van der Waals surface area contributed by atoms with Gasteiger partial charge in [-0.15, -0.1) is 0 Å². The van der Waals surface area contributed by atoms with Gasteiger partial charge in [0.25, 0.3) is 0 Å². The SMILES string of the molecule is CCCNc1cn2ccnc2c(NCC2CCCCS2)n1. The third-order valence-corrected chi connectivity index (χ3v) is 5.10. The van der Waals surface area contributed by atoms with E-state index in [0.717, 1.165) is 36.8 Å². The van der Waals surface area contributed by atoms with Crippen molar-refractivity contribution in [3.05, 3.63) is 18.6 Å². The first-order chi connectivity index (χ1) is 10.4. The number of thioether (sulfide) groups is 1. The van der Waals surface area contributed by atoms with Crippen molar-refractivity contribution < 1.29 is 0 Å². The van der Waals surface area contributed by atoms with Gasteiger partial charge < -0.3 is 15.0 Å². The van der Waals surface area contributed by atoms with Crippen LogP contribution in [0, 0.1) is 0 Å². The standard InChI is InChI=1S/C15H23N5S/c1-2-6-16-13-11-20-8-7-17-15(20)14(19-13)18-10-12-5-3-4-9-21-12/h7-8,11-12,16H,2-6,9-10H2,1H3,(H,18,19). The van der Waals surface area contributed by atoms with Gasteiger partial charge in [-0.1, -0.05) is 13.3 Å². The fourth-order valence-electron chi connectivity index (χ4n) is 2.57. The summed E-state index contributed by atoms with van der Waals surface area (Å²) in [6.45, 7) is 4.06. The Morgan fingerprint density at radius 3 is 3.14 bits per heavy atom. The van der Waals surface area contributed by atoms with Gasteiger partial charge in [0.05, 0.1) is 6.20 Å². The van der Waals surface area contributed by atoms with Gasteiger partial charge >= 0.3 is 0 Å². The van der Waals surface area contributed by atoms with Crippen molar-refractivity contribution in [2.24, 2.45) is 0 Å². The Morgan fingerprint density at radius 1 is 1.38 bits per heavy atom. The number of aromatic nitrogens is 3. The minimum atomic E-state index is 0.697. The van der Waals surface area contributed by atoms with Crippen LogP contribution in [0.25, 0.3) is 5.65 Å². The number of nitrogens with zero attached hydrogens (tertiary/aromatic N) is 3. The fourth-order valence-corrected chi connectivity index (χ4v) is 3.81. The molecule has 0 aromatic carbocycles. The summed E-state index contributed by atoms with van der Waals surface area (Å²) >= 11 is 2.07. The lowest BCUT2D eigenvalue weighted by molar-refractivity contribution is 0.677. The zero-order chi connectivity index (χ0) is 14.5. The molecular weight excluding hydrogens is 282 g/mol. The number of anilines is 2. The van der Waals surface area contributed by atoms with E-state index in [1.807, 2.05) is 23.0 Å². The van der Waals surface area contributed by atoms with Crippen molar-refractivity contribution in [1.29, 1.82) is 0 Å². The average molecular weight is 305 g/mol. The van der Waals surface area contributed by atoms with E-state index in [0.29, 0.717) is 5.25 Å². The van der Waals surface area contributed by atoms with Gasteiger partial charge in [-0.2, -0.15) is 11.8 Å². The zero-order valence-electron chi connectivity index (χ0n) is 12.5. The lowest BCUT2D eigenvalue weighted by Crippen LogP contribution is -2.21. The molecule has 5 nitrogen and oxygen atoms in total. The molecule has 2 N–H and O–H groups in total. The Balaban J connectivity index is 1.73. The van der Waals surface area contributed by atoms with Crippen molar-refractivity contribution in [2.75, 3.05) is 29.5 Å². The first-order valence-electron chi connectivity index (χ1n) is 7.80. The fraction of sp³-hybridized carbons (Fsp3) is 0.600. The summed E-state index contributed by atoms with van der Waals surface area (Å²) in [6, 6.07) is 0. The Kier molecular flexibility index (Phi) is 4.85. The first kappa shape index (κ1) is 14.5. The summed E-state index contributed by atoms with van der Waals surface area (Å²) in [5.41, 5.74) is 0.901. The summed E-state index contributed by atoms with van der Waals surface area (Å²) in [5, 5.41) is 7.55. The van der Waals surface area contributed by atoms with Crippen molar-refractivity contribution in [2.45, 2.75) is 37.9 Å². The highest BCUT2D eigenvalue weighted by atomic mass is 32.2. The molecular formula is C15H23N5S. The van der Waals surface area contributed by atoms with E-state index in [2.05, 4.69) is 39.3 Å². The highest BCUT2D eigenvalue weighted by Crippen LogP contribution is 2.25. The van der Waals surface area contributed by atoms with Crippen molar-refractivity contribution in [3.63, 3.8) is 0 Å². The van der Waals surface area contributed by atoms with E-state index in [-0.39, 0.29) is 0 Å². The number of rotatable bonds is 6. The van der Waals surface area contributed by atoms with Crippen molar-refractivity contribution in [1.82, 2.24) is 14.4 Å². The molecule has 21 heavy (non-hydrogen) atoms. The van der Waals surface area contributed by atoms with Gasteiger partial charge in [0.15, 0.2) is 11.5 Å². The van der Waals surface area contributed by atoms with E-state index in [1.165, 1.54) is 25.0 Å². The predicted octanol–water partition coefficient (Wildman–Crippen LogP) is 3.25. The summed E-state index contributed by atoms with van der Waals surface area (Å²) < 4.78 is 2.03. The average Bonchev–Trinajstić information content (AvgIpc) is 3.00. The maximum atomic E-state index is 4.68. The highest BCUT2D eigenvalue weighted by Gasteiger charge is 2.15. The largest absolute Gasteiger partial charge is 0.369 e. The molecule has 114 valence electrons. The summed E-state index contributed by atoms with van der Waals surface area (Å²) in [4.78, 5) is 9.09. The summed E-state index contributed by atoms with van der Waals surface area (Å²) in [5.74, 6) is 3.07. The zero-order valence-corrected chi connectivity index (χ0v) is 13.3. The van der Waals surface area contributed by atoms with Crippen LogP contribution in [0.2, 0.25) is 0 Å². The van der Waals surface area contributed by atoms with E-state index in [4.69, 9.17) is 0 Å². The second kappa shape index (κ2) is 7.02. The first-order valence-corrected chi connectivity index (χ1v) is 8.84. The molecule has 0 amide bonds. The van der Waals surface area contributed by atoms with Gasteiger partial charge in [-0.25, -0.2) is 9.97 Å². The smallest absolute Gasteiger partial charge is 0.180 e. The Morgan fingerprint density at radius 2 is 2.33 bits per heavy atom. The van der Waals surface area contributed by atoms with Gasteiger partial charge in [-0.3, -0.25) is 0 Å². The van der Waals surface area contributed by atoms with Crippen LogP contribution in [0.4, 0.5) is 11.6 Å². The Labute approximate surface area is 129 Å². The highest BCUT2D eigenvalue weighted by molar-refractivity contribution is 7.99. The van der Waals surface area contributed by atoms with Crippen LogP contribution in [-0.4, -0.2) is 38.5 Å². The third-order valence-electron chi connectivity index (χ3n) is 3.70. The van der Waals surface area contributed by atoms with Crippen molar-refractivity contribution in [3.8, 4) is 0 Å². The second-order valence-corrected chi connectivity index (χ2v) is 6.84. The molecule has 1 atom stereocenters. The number of imidazole rings is 1. The molecule has 1 fully saturated rings. The molecule has 0 saturated carbocycles. The number of fused-ring (bicyclic) bond motifs is 1. The normalized spacial score (nSPS) is 18.8. The van der Waals surface area contributed by atoms with Crippen LogP contribution in [0.15, 0.2) is 18.6 Å². The molecule has 0 bridgehead atoms. The molecule has 1 aliphatic rings. The molecule has 3 heterocycles. The third kappa shape index (κ3) is 3.61. The molecule has 0 spiro atoms. The lowest BCUT2D eigenvalue weighted by Gasteiger charge is -2.22. The summed E-state index contributed by atoms with van der Waals surface area (Å²) in [6.07, 6.45) is 10.9. The molecule has 6 heteroatoms. The van der Waals surface area contributed by atoms with E-state index >= 15 is 0 Å². The molecule has 1 aliphatic heterocycles. The molecule has 2 aromatic rings. The van der Waals surface area contributed by atoms with E-state index in [9.17, 15) is 0 Å². The van der Waals surface area contributed by atoms with E-state index < -0.39 is 0 Å². The van der Waals surface area contributed by atoms with Gasteiger partial charge in [-0.05, 0) is 25.0 Å². The molecule has 1 saturated heterocycles. The molecule has 0 radical (unpaired) electrons.